The molecule has 2 aliphatic rings. The molecule has 1 saturated carbocycles. The third kappa shape index (κ3) is 2.33. The molecule has 2 N–H and O–H groups in total. The van der Waals surface area contributed by atoms with Crippen LogP contribution < -0.4 is 5.73 Å². The lowest BCUT2D eigenvalue weighted by Crippen LogP contribution is -2.46. The summed E-state index contributed by atoms with van der Waals surface area (Å²) in [5.74, 6) is 0.0903. The van der Waals surface area contributed by atoms with Crippen LogP contribution >= 0.6 is 11.3 Å². The average molecular weight is 341 g/mol. The Balaban J connectivity index is 1.74. The standard InChI is InChI=1S/C18H19N3O2S/c1-9-5-3-4-6-12(9)16-14(20-10(2)24-16)18(23)21-8-11-7-13(11)15(21)17(19)22/h3-6,11,13,15H,7-8H2,1-2H3,(H2,19,22)/t11?,13-,15-/m0/s1. The molecule has 124 valence electrons. The molecule has 2 heterocycles. The second-order valence-corrected chi connectivity index (χ2v) is 7.89. The molecule has 1 aliphatic carbocycles. The molecule has 1 aromatic heterocycles. The van der Waals surface area contributed by atoms with E-state index in [0.717, 1.165) is 27.4 Å². The number of rotatable bonds is 3. The van der Waals surface area contributed by atoms with Crippen LogP contribution in [0.5, 0.6) is 0 Å². The number of carbonyl (C=O) groups excluding carboxylic acids is 2. The fourth-order valence-electron chi connectivity index (χ4n) is 3.76. The first kappa shape index (κ1) is 15.3. The predicted octanol–water partition coefficient (Wildman–Crippen LogP) is 2.37. The minimum Gasteiger partial charge on any atom is -0.368 e. The molecule has 24 heavy (non-hydrogen) atoms. The second kappa shape index (κ2) is 5.41. The molecule has 2 fully saturated rings. The Kier molecular flexibility index (Phi) is 3.46. The topological polar surface area (TPSA) is 76.3 Å². The predicted molar refractivity (Wildman–Crippen MR) is 92.6 cm³/mol. The highest BCUT2D eigenvalue weighted by atomic mass is 32.1. The van der Waals surface area contributed by atoms with Gasteiger partial charge in [0, 0.05) is 6.54 Å². The van der Waals surface area contributed by atoms with Gasteiger partial charge in [-0.05, 0) is 43.2 Å². The van der Waals surface area contributed by atoms with Gasteiger partial charge in [-0.25, -0.2) is 4.98 Å². The van der Waals surface area contributed by atoms with Gasteiger partial charge in [-0.15, -0.1) is 11.3 Å². The molecule has 1 unspecified atom stereocenters. The normalized spacial score (nSPS) is 24.8. The number of carbonyl (C=O) groups is 2. The second-order valence-electron chi connectivity index (χ2n) is 6.69. The van der Waals surface area contributed by atoms with Crippen molar-refractivity contribution in [3.63, 3.8) is 0 Å². The third-order valence-corrected chi connectivity index (χ3v) is 6.03. The number of aryl methyl sites for hydroxylation is 2. The molecule has 1 aliphatic heterocycles. The van der Waals surface area contributed by atoms with Crippen molar-refractivity contribution in [1.29, 1.82) is 0 Å². The van der Waals surface area contributed by atoms with Crippen molar-refractivity contribution in [1.82, 2.24) is 9.88 Å². The van der Waals surface area contributed by atoms with Gasteiger partial charge < -0.3 is 10.6 Å². The fraction of sp³-hybridized carbons (Fsp3) is 0.389. The lowest BCUT2D eigenvalue weighted by atomic mass is 10.1. The highest BCUT2D eigenvalue weighted by Crippen LogP contribution is 2.50. The van der Waals surface area contributed by atoms with Gasteiger partial charge in [0.1, 0.15) is 11.7 Å². The van der Waals surface area contributed by atoms with E-state index in [0.29, 0.717) is 18.2 Å². The van der Waals surface area contributed by atoms with Crippen molar-refractivity contribution in [2.75, 3.05) is 6.54 Å². The van der Waals surface area contributed by atoms with Crippen molar-refractivity contribution >= 4 is 23.2 Å². The van der Waals surface area contributed by atoms with Gasteiger partial charge in [-0.3, -0.25) is 9.59 Å². The van der Waals surface area contributed by atoms with Crippen LogP contribution in [-0.4, -0.2) is 34.3 Å². The maximum atomic E-state index is 13.1. The minimum absolute atomic E-state index is 0.173. The Morgan fingerprint density at radius 3 is 2.75 bits per heavy atom. The lowest BCUT2D eigenvalue weighted by molar-refractivity contribution is -0.122. The number of likely N-dealkylation sites (tertiary alicyclic amines) is 1. The highest BCUT2D eigenvalue weighted by Gasteiger charge is 2.56. The summed E-state index contributed by atoms with van der Waals surface area (Å²) < 4.78 is 0. The molecule has 2 amide bonds. The molecule has 0 spiro atoms. The van der Waals surface area contributed by atoms with E-state index in [2.05, 4.69) is 4.98 Å². The minimum atomic E-state index is -0.478. The zero-order chi connectivity index (χ0) is 17.0. The molecule has 1 saturated heterocycles. The number of hydrogen-bond donors (Lipinski definition) is 1. The van der Waals surface area contributed by atoms with Crippen molar-refractivity contribution in [2.24, 2.45) is 17.6 Å². The number of benzene rings is 1. The summed E-state index contributed by atoms with van der Waals surface area (Å²) in [6.07, 6.45) is 0.998. The summed E-state index contributed by atoms with van der Waals surface area (Å²) in [5.41, 5.74) is 8.12. The molecule has 0 radical (unpaired) electrons. The van der Waals surface area contributed by atoms with E-state index in [9.17, 15) is 9.59 Å². The molecule has 4 rings (SSSR count). The number of nitrogens with two attached hydrogens (primary N) is 1. The fourth-order valence-corrected chi connectivity index (χ4v) is 4.76. The van der Waals surface area contributed by atoms with Gasteiger partial charge in [-0.1, -0.05) is 24.3 Å². The maximum Gasteiger partial charge on any atom is 0.274 e. The maximum absolute atomic E-state index is 13.1. The summed E-state index contributed by atoms with van der Waals surface area (Å²) in [6, 6.07) is 7.49. The van der Waals surface area contributed by atoms with Crippen LogP contribution in [0.15, 0.2) is 24.3 Å². The molecule has 3 atom stereocenters. The quantitative estimate of drug-likeness (QED) is 0.931. The Bertz CT molecular complexity index is 845. The van der Waals surface area contributed by atoms with Crippen molar-refractivity contribution in [3.05, 3.63) is 40.5 Å². The number of nitrogens with zero attached hydrogens (tertiary/aromatic N) is 2. The molecule has 6 heteroatoms. The number of primary amides is 1. The van der Waals surface area contributed by atoms with Crippen LogP contribution in [0.3, 0.4) is 0 Å². The Morgan fingerprint density at radius 1 is 1.29 bits per heavy atom. The van der Waals surface area contributed by atoms with Crippen LogP contribution in [0.25, 0.3) is 10.4 Å². The number of piperidine rings is 1. The van der Waals surface area contributed by atoms with E-state index in [1.807, 2.05) is 38.1 Å². The number of thiazole rings is 1. The summed E-state index contributed by atoms with van der Waals surface area (Å²) in [7, 11) is 0. The lowest BCUT2D eigenvalue weighted by Gasteiger charge is -2.24. The van der Waals surface area contributed by atoms with Crippen molar-refractivity contribution in [2.45, 2.75) is 26.3 Å². The highest BCUT2D eigenvalue weighted by molar-refractivity contribution is 7.15. The van der Waals surface area contributed by atoms with E-state index in [4.69, 9.17) is 5.73 Å². The average Bonchev–Trinajstić information content (AvgIpc) is 3.02. The van der Waals surface area contributed by atoms with Gasteiger partial charge in [0.05, 0.1) is 9.88 Å². The number of amides is 2. The zero-order valence-corrected chi connectivity index (χ0v) is 14.5. The van der Waals surface area contributed by atoms with E-state index < -0.39 is 11.9 Å². The van der Waals surface area contributed by atoms with Crippen molar-refractivity contribution in [3.8, 4) is 10.4 Å². The van der Waals surface area contributed by atoms with Gasteiger partial charge in [0.25, 0.3) is 5.91 Å². The van der Waals surface area contributed by atoms with Crippen molar-refractivity contribution < 1.29 is 9.59 Å². The number of hydrogen-bond acceptors (Lipinski definition) is 4. The Hall–Kier alpha value is -2.21. The molecule has 5 nitrogen and oxygen atoms in total. The zero-order valence-electron chi connectivity index (χ0n) is 13.7. The Morgan fingerprint density at radius 2 is 2.04 bits per heavy atom. The van der Waals surface area contributed by atoms with E-state index in [1.165, 1.54) is 11.3 Å². The first-order valence-electron chi connectivity index (χ1n) is 8.11. The van der Waals surface area contributed by atoms with Crippen LogP contribution in [0, 0.1) is 25.7 Å². The number of aromatic nitrogens is 1. The smallest absolute Gasteiger partial charge is 0.274 e. The van der Waals surface area contributed by atoms with E-state index in [-0.39, 0.29) is 11.8 Å². The van der Waals surface area contributed by atoms with Crippen LogP contribution in [0.2, 0.25) is 0 Å². The van der Waals surface area contributed by atoms with Gasteiger partial charge in [0.2, 0.25) is 5.91 Å². The monoisotopic (exact) mass is 341 g/mol. The van der Waals surface area contributed by atoms with Gasteiger partial charge in [0.15, 0.2) is 0 Å². The SMILES string of the molecule is Cc1nc(C(=O)N2CC3C[C@@H]3[C@H]2C(N)=O)c(-c2ccccc2C)s1. The summed E-state index contributed by atoms with van der Waals surface area (Å²) in [6.45, 7) is 4.53. The molecule has 2 aromatic rings. The largest absolute Gasteiger partial charge is 0.368 e. The summed E-state index contributed by atoms with van der Waals surface area (Å²) >= 11 is 1.52. The Labute approximate surface area is 144 Å². The third-order valence-electron chi connectivity index (χ3n) is 5.03. The van der Waals surface area contributed by atoms with Crippen LogP contribution in [-0.2, 0) is 4.79 Å². The van der Waals surface area contributed by atoms with E-state index >= 15 is 0 Å². The van der Waals surface area contributed by atoms with E-state index in [1.54, 1.807) is 4.90 Å². The first-order valence-corrected chi connectivity index (χ1v) is 8.92. The summed E-state index contributed by atoms with van der Waals surface area (Å²) in [4.78, 5) is 31.9. The van der Waals surface area contributed by atoms with Gasteiger partial charge in [-0.2, -0.15) is 0 Å². The van der Waals surface area contributed by atoms with Crippen LogP contribution in [0.4, 0.5) is 0 Å². The summed E-state index contributed by atoms with van der Waals surface area (Å²) in [5, 5.41) is 0.844. The van der Waals surface area contributed by atoms with Gasteiger partial charge >= 0.3 is 0 Å². The molecular weight excluding hydrogens is 322 g/mol. The molecule has 0 bridgehead atoms. The number of fused-ring (bicyclic) bond motifs is 1. The van der Waals surface area contributed by atoms with Crippen LogP contribution in [0.1, 0.15) is 27.5 Å². The molecular formula is C18H19N3O2S. The first-order chi connectivity index (χ1) is 11.5. The molecule has 1 aromatic carbocycles.